The Morgan fingerprint density at radius 3 is 2.33 bits per heavy atom. The number of benzene rings is 3. The third-order valence-electron chi connectivity index (χ3n) is 15.9. The number of carbonyl (C=O) groups excluding carboxylic acids is 3. The number of rotatable bonds is 12. The number of pyridine rings is 1. The van der Waals surface area contributed by atoms with Gasteiger partial charge in [-0.2, -0.15) is 4.98 Å². The van der Waals surface area contributed by atoms with Crippen LogP contribution in [-0.4, -0.2) is 120 Å². The summed E-state index contributed by atoms with van der Waals surface area (Å²) in [6.45, 7) is 13.5. The zero-order valence-corrected chi connectivity index (χ0v) is 44.7. The van der Waals surface area contributed by atoms with E-state index in [0.717, 1.165) is 103 Å². The van der Waals surface area contributed by atoms with Gasteiger partial charge in [-0.05, 0) is 109 Å². The Labute approximate surface area is 433 Å². The lowest BCUT2D eigenvalue weighted by molar-refractivity contribution is -0.140. The van der Waals surface area contributed by atoms with Crippen LogP contribution in [0, 0.1) is 29.9 Å². The number of anilines is 6. The normalized spacial score (nSPS) is 21.5. The molecule has 0 saturated carbocycles. The summed E-state index contributed by atoms with van der Waals surface area (Å²) < 4.78 is 52.2. The predicted molar refractivity (Wildman–Crippen MR) is 286 cm³/mol. The summed E-state index contributed by atoms with van der Waals surface area (Å²) in [5.41, 5.74) is 5.10. The molecule has 0 spiro atoms. The molecule has 5 aliphatic heterocycles. The second-order valence-corrected chi connectivity index (χ2v) is 25.0. The number of halogens is 3. The largest absolute Gasteiger partial charge is 0.494 e. The van der Waals surface area contributed by atoms with Gasteiger partial charge in [-0.25, -0.2) is 13.8 Å². The van der Waals surface area contributed by atoms with E-state index in [2.05, 4.69) is 78.7 Å². The molecular formula is C54H64BrF2N10O5P. The molecule has 5 fully saturated rings. The molecule has 5 aliphatic rings. The Kier molecular flexibility index (Phi) is 14.3. The average molecular weight is 1080 g/mol. The molecule has 10 rings (SSSR count). The summed E-state index contributed by atoms with van der Waals surface area (Å²) in [5, 5.41) is 10.9. The number of ether oxygens (including phenoxy) is 1. The topological polar surface area (TPSA) is 165 Å². The molecule has 3 N–H and O–H groups in total. The maximum absolute atomic E-state index is 15.5. The number of nitrogens with zero attached hydrogens (tertiary/aromatic N) is 7. The van der Waals surface area contributed by atoms with E-state index in [-0.39, 0.29) is 30.2 Å². The quantitative estimate of drug-likeness (QED) is 0.0802. The van der Waals surface area contributed by atoms with E-state index < -0.39 is 41.9 Å². The smallest absolute Gasteiger partial charge is 0.234 e. The molecule has 0 bridgehead atoms. The van der Waals surface area contributed by atoms with Crippen LogP contribution < -0.4 is 35.8 Å². The van der Waals surface area contributed by atoms with Gasteiger partial charge in [0, 0.05) is 123 Å². The molecular weight excluding hydrogens is 1020 g/mol. The highest BCUT2D eigenvalue weighted by Gasteiger charge is 2.46. The van der Waals surface area contributed by atoms with Gasteiger partial charge in [0.05, 0.1) is 40.3 Å². The Bertz CT molecular complexity index is 3000. The van der Waals surface area contributed by atoms with Gasteiger partial charge in [-0.3, -0.25) is 29.6 Å². The van der Waals surface area contributed by atoms with E-state index in [0.29, 0.717) is 72.2 Å². The molecule has 0 radical (unpaired) electrons. The summed E-state index contributed by atoms with van der Waals surface area (Å²) in [7, 11) is -1.00. The molecule has 386 valence electrons. The van der Waals surface area contributed by atoms with Crippen LogP contribution in [0.2, 0.25) is 0 Å². The maximum atomic E-state index is 15.5. The molecule has 3 amide bonds. The lowest BCUT2D eigenvalue weighted by Gasteiger charge is -2.44. The van der Waals surface area contributed by atoms with Crippen LogP contribution in [0.5, 0.6) is 5.75 Å². The SMILES string of the molecule is CCc1ccc2c(P3(=O)CCCC3)c(Nc3nc(Nc4cc(C)c(N5CCC(N6CCN(C(=O)[C@H]7CN(c8cc(F)c(C9CCC(=O)NC9=O)c(F)c8)CC7(C)C)CC6)CC5)cc4OC)ncc3Br)ccc2n1. The lowest BCUT2D eigenvalue weighted by atomic mass is 9.81. The minimum Gasteiger partial charge on any atom is -0.494 e. The van der Waals surface area contributed by atoms with Crippen LogP contribution >= 0.6 is 23.1 Å². The van der Waals surface area contributed by atoms with Gasteiger partial charge in [-0.1, -0.05) is 26.8 Å². The first-order valence-corrected chi connectivity index (χ1v) is 28.5. The number of fused-ring (bicyclic) bond motifs is 1. The van der Waals surface area contributed by atoms with Crippen molar-refractivity contribution in [1.29, 1.82) is 0 Å². The predicted octanol–water partition coefficient (Wildman–Crippen LogP) is 9.01. The van der Waals surface area contributed by atoms with Crippen LogP contribution in [0.3, 0.4) is 0 Å². The second kappa shape index (κ2) is 20.5. The number of aryl methyl sites for hydroxylation is 2. The number of amides is 3. The van der Waals surface area contributed by atoms with Crippen molar-refractivity contribution in [2.75, 3.05) is 92.2 Å². The summed E-state index contributed by atoms with van der Waals surface area (Å²) in [4.78, 5) is 61.4. The van der Waals surface area contributed by atoms with Crippen molar-refractivity contribution in [3.05, 3.63) is 87.7 Å². The maximum Gasteiger partial charge on any atom is 0.234 e. The Balaban J connectivity index is 0.751. The number of piperidine rings is 2. The molecule has 5 aromatic rings. The fraction of sp³-hybridized carbons (Fsp3) is 0.481. The minimum absolute atomic E-state index is 0.0213. The van der Waals surface area contributed by atoms with Gasteiger partial charge in [0.15, 0.2) is 0 Å². The summed E-state index contributed by atoms with van der Waals surface area (Å²) in [6.07, 6.45) is 7.79. The highest BCUT2D eigenvalue weighted by molar-refractivity contribution is 9.10. The van der Waals surface area contributed by atoms with E-state index >= 15 is 8.78 Å². The van der Waals surface area contributed by atoms with Crippen LogP contribution in [-0.2, 0) is 25.4 Å². The summed E-state index contributed by atoms with van der Waals surface area (Å²) in [5.74, 6) is -2.58. The molecule has 7 heterocycles. The number of nitrogens with one attached hydrogen (secondary N) is 3. The number of hydrogen-bond acceptors (Lipinski definition) is 13. The highest BCUT2D eigenvalue weighted by atomic mass is 79.9. The van der Waals surface area contributed by atoms with E-state index in [1.165, 1.54) is 12.1 Å². The number of aromatic nitrogens is 3. The molecule has 15 nitrogen and oxygen atoms in total. The molecule has 2 aromatic heterocycles. The molecule has 19 heteroatoms. The number of methoxy groups -OCH3 is 1. The monoisotopic (exact) mass is 1080 g/mol. The number of piperazine rings is 1. The third-order valence-corrected chi connectivity index (χ3v) is 19.9. The van der Waals surface area contributed by atoms with E-state index in [4.69, 9.17) is 14.7 Å². The van der Waals surface area contributed by atoms with Gasteiger partial charge < -0.3 is 34.6 Å². The number of carbonyl (C=O) groups is 3. The van der Waals surface area contributed by atoms with Gasteiger partial charge in [0.2, 0.25) is 23.7 Å². The fourth-order valence-electron chi connectivity index (χ4n) is 11.9. The average Bonchev–Trinajstić information content (AvgIpc) is 3.97. The molecule has 2 atom stereocenters. The lowest BCUT2D eigenvalue weighted by Crippen LogP contribution is -2.56. The van der Waals surface area contributed by atoms with Crippen molar-refractivity contribution in [3.8, 4) is 5.75 Å². The van der Waals surface area contributed by atoms with Crippen molar-refractivity contribution in [2.45, 2.75) is 84.6 Å². The van der Waals surface area contributed by atoms with Crippen molar-refractivity contribution in [2.24, 2.45) is 11.3 Å². The standard InChI is InChI=1S/C54H64BrF2N10O5P/c1-6-33-9-10-36-42(59-33)12-13-43(49(36)73(71)23-7-8-24-73)60-50-39(55)29-58-53(63-50)61-44-25-32(2)45(28-46(44)72-5)65-17-15-34(16-18-65)64-19-21-66(22-20-64)52(70)38-30-67(31-54(38,3)4)35-26-40(56)48(41(57)27-35)37-11-14-47(68)62-51(37)69/h9-10,12-13,25-29,34,37-38H,6-8,11,14-24,30-31H2,1-5H3,(H,62,68,69)(H2,58,60,61,63)/t37?,38-/m1/s1. The highest BCUT2D eigenvalue weighted by Crippen LogP contribution is 2.54. The van der Waals surface area contributed by atoms with Crippen molar-refractivity contribution >= 4 is 91.5 Å². The number of imide groups is 1. The Morgan fingerprint density at radius 1 is 0.918 bits per heavy atom. The van der Waals surface area contributed by atoms with Gasteiger partial charge in [-0.15, -0.1) is 0 Å². The van der Waals surface area contributed by atoms with Crippen LogP contribution in [0.1, 0.15) is 82.0 Å². The molecule has 3 aromatic carbocycles. The first kappa shape index (κ1) is 50.8. The third kappa shape index (κ3) is 10.2. The van der Waals surface area contributed by atoms with Crippen LogP contribution in [0.15, 0.2) is 59.2 Å². The first-order valence-electron chi connectivity index (χ1n) is 25.6. The zero-order chi connectivity index (χ0) is 51.3. The van der Waals surface area contributed by atoms with Gasteiger partial charge >= 0.3 is 0 Å². The molecule has 1 unspecified atom stereocenters. The fourth-order valence-corrected chi connectivity index (χ4v) is 15.5. The first-order chi connectivity index (χ1) is 35.0. The minimum atomic E-state index is -2.66. The van der Waals surface area contributed by atoms with Gasteiger partial charge in [0.25, 0.3) is 0 Å². The Morgan fingerprint density at radius 2 is 1.64 bits per heavy atom. The molecule has 73 heavy (non-hydrogen) atoms. The molecule has 5 saturated heterocycles. The van der Waals surface area contributed by atoms with Crippen molar-refractivity contribution < 1.29 is 32.5 Å². The van der Waals surface area contributed by atoms with E-state index in [9.17, 15) is 18.9 Å². The van der Waals surface area contributed by atoms with Crippen LogP contribution in [0.25, 0.3) is 10.9 Å². The number of hydrogen-bond donors (Lipinski definition) is 3. The van der Waals surface area contributed by atoms with E-state index in [1.54, 1.807) is 13.3 Å². The van der Waals surface area contributed by atoms with Crippen LogP contribution in [0.4, 0.5) is 43.3 Å². The van der Waals surface area contributed by atoms with Gasteiger partial charge in [0.1, 0.15) is 30.3 Å². The molecule has 0 aliphatic carbocycles. The summed E-state index contributed by atoms with van der Waals surface area (Å²) >= 11 is 3.66. The van der Waals surface area contributed by atoms with Crippen molar-refractivity contribution in [1.82, 2.24) is 30.1 Å². The Hall–Kier alpha value is -5.71. The summed E-state index contributed by atoms with van der Waals surface area (Å²) in [6, 6.07) is 15.1. The van der Waals surface area contributed by atoms with E-state index in [1.807, 2.05) is 41.8 Å². The zero-order valence-electron chi connectivity index (χ0n) is 42.2. The van der Waals surface area contributed by atoms with Crippen molar-refractivity contribution in [3.63, 3.8) is 0 Å². The second-order valence-electron chi connectivity index (χ2n) is 21.0.